The summed E-state index contributed by atoms with van der Waals surface area (Å²) >= 11 is 1.23. The molecule has 0 fully saturated rings. The Labute approximate surface area is 179 Å². The van der Waals surface area contributed by atoms with Gasteiger partial charge in [0.1, 0.15) is 5.75 Å². The zero-order valence-electron chi connectivity index (χ0n) is 16.7. The number of benzene rings is 2. The fraction of sp³-hybridized carbons (Fsp3) is 0.238. The first kappa shape index (κ1) is 21.4. The van der Waals surface area contributed by atoms with Crippen LogP contribution >= 0.6 is 11.8 Å². The molecule has 0 radical (unpaired) electrons. The maximum absolute atomic E-state index is 12.2. The van der Waals surface area contributed by atoms with E-state index in [-0.39, 0.29) is 11.7 Å². The average Bonchev–Trinajstić information content (AvgIpc) is 3.21. The van der Waals surface area contributed by atoms with Gasteiger partial charge >= 0.3 is 0 Å². The van der Waals surface area contributed by atoms with Crippen LogP contribution in [0.15, 0.2) is 64.9 Å². The molecular weight excluding hydrogens is 400 g/mol. The van der Waals surface area contributed by atoms with Gasteiger partial charge in [-0.3, -0.25) is 4.79 Å². The van der Waals surface area contributed by atoms with E-state index >= 15 is 0 Å². The average molecular weight is 425 g/mol. The van der Waals surface area contributed by atoms with Crippen LogP contribution in [0.2, 0.25) is 0 Å². The van der Waals surface area contributed by atoms with Crippen LogP contribution in [-0.2, 0) is 4.79 Å². The summed E-state index contributed by atoms with van der Waals surface area (Å²) in [4.78, 5) is 16.5. The van der Waals surface area contributed by atoms with Gasteiger partial charge in [0.05, 0.1) is 18.6 Å². The Morgan fingerprint density at radius 2 is 2.10 bits per heavy atom. The molecule has 9 heteroatoms. The summed E-state index contributed by atoms with van der Waals surface area (Å²) in [5.74, 6) is 1.19. The number of thioether (sulfide) groups is 1. The van der Waals surface area contributed by atoms with Crippen LogP contribution in [0.4, 0.5) is 11.6 Å². The van der Waals surface area contributed by atoms with Crippen molar-refractivity contribution in [2.24, 2.45) is 5.10 Å². The predicted molar refractivity (Wildman–Crippen MR) is 120 cm³/mol. The van der Waals surface area contributed by atoms with Crippen LogP contribution in [-0.4, -0.2) is 39.7 Å². The second kappa shape index (κ2) is 11.6. The van der Waals surface area contributed by atoms with Crippen LogP contribution in [0.3, 0.4) is 0 Å². The van der Waals surface area contributed by atoms with E-state index in [1.165, 1.54) is 11.8 Å². The minimum atomic E-state index is -0.146. The fourth-order valence-electron chi connectivity index (χ4n) is 2.39. The molecule has 0 aliphatic rings. The standard InChI is InChI=1S/C21H24N6O2S/c1-2-3-12-29-18-11-7-10-17(13-18)23-19(28)15-30-21-24-20(26-27-21)25-22-14-16-8-5-4-6-9-16/h4-11,13-14H,2-3,12,15H2,1H3,(H,23,28)(H2,24,25,26,27)/b22-14-. The Balaban J connectivity index is 1.43. The Bertz CT molecular complexity index is 961. The highest BCUT2D eigenvalue weighted by atomic mass is 32.2. The molecule has 8 nitrogen and oxygen atoms in total. The molecule has 2 aromatic carbocycles. The van der Waals surface area contributed by atoms with Crippen LogP contribution in [0, 0.1) is 0 Å². The van der Waals surface area contributed by atoms with E-state index < -0.39 is 0 Å². The van der Waals surface area contributed by atoms with E-state index in [2.05, 4.69) is 37.9 Å². The van der Waals surface area contributed by atoms with Gasteiger partial charge in [0, 0.05) is 11.8 Å². The van der Waals surface area contributed by atoms with E-state index in [9.17, 15) is 4.79 Å². The van der Waals surface area contributed by atoms with Crippen molar-refractivity contribution in [3.63, 3.8) is 0 Å². The molecule has 1 amide bonds. The molecule has 0 aliphatic heterocycles. The zero-order valence-corrected chi connectivity index (χ0v) is 17.5. The molecule has 1 aromatic heterocycles. The number of hydrogen-bond acceptors (Lipinski definition) is 7. The van der Waals surface area contributed by atoms with Crippen molar-refractivity contribution in [2.45, 2.75) is 24.9 Å². The number of rotatable bonds is 11. The second-order valence-corrected chi connectivity index (χ2v) is 7.26. The Morgan fingerprint density at radius 3 is 2.93 bits per heavy atom. The minimum Gasteiger partial charge on any atom is -0.494 e. The van der Waals surface area contributed by atoms with E-state index in [1.54, 1.807) is 6.21 Å². The first-order chi connectivity index (χ1) is 14.7. The zero-order chi connectivity index (χ0) is 21.0. The molecule has 3 N–H and O–H groups in total. The highest BCUT2D eigenvalue weighted by Gasteiger charge is 2.08. The Kier molecular flexibility index (Phi) is 8.28. The summed E-state index contributed by atoms with van der Waals surface area (Å²) < 4.78 is 5.66. The van der Waals surface area contributed by atoms with Gasteiger partial charge in [-0.1, -0.05) is 61.5 Å². The number of amides is 1. The molecule has 30 heavy (non-hydrogen) atoms. The first-order valence-corrected chi connectivity index (χ1v) is 10.6. The Morgan fingerprint density at radius 1 is 1.23 bits per heavy atom. The number of aromatic nitrogens is 3. The third kappa shape index (κ3) is 7.25. The lowest BCUT2D eigenvalue weighted by Crippen LogP contribution is -2.14. The monoisotopic (exact) mass is 424 g/mol. The maximum atomic E-state index is 12.2. The summed E-state index contributed by atoms with van der Waals surface area (Å²) in [5, 5.41) is 14.2. The van der Waals surface area contributed by atoms with Gasteiger partial charge in [-0.15, -0.1) is 5.10 Å². The van der Waals surface area contributed by atoms with Crippen molar-refractivity contribution in [1.29, 1.82) is 0 Å². The lowest BCUT2D eigenvalue weighted by atomic mass is 10.2. The minimum absolute atomic E-state index is 0.146. The fourth-order valence-corrected chi connectivity index (χ4v) is 2.99. The number of H-pyrrole nitrogens is 1. The molecule has 0 aliphatic carbocycles. The van der Waals surface area contributed by atoms with Crippen molar-refractivity contribution in [3.05, 3.63) is 60.2 Å². The molecular formula is C21H24N6O2S. The van der Waals surface area contributed by atoms with Crippen LogP contribution in [0.5, 0.6) is 5.75 Å². The third-order valence-corrected chi connectivity index (χ3v) is 4.71. The molecule has 0 unspecified atom stereocenters. The van der Waals surface area contributed by atoms with Gasteiger partial charge in [0.2, 0.25) is 17.0 Å². The summed E-state index contributed by atoms with van der Waals surface area (Å²) in [6.07, 6.45) is 3.76. The van der Waals surface area contributed by atoms with Gasteiger partial charge in [0.15, 0.2) is 0 Å². The quantitative estimate of drug-likeness (QED) is 0.185. The normalized spacial score (nSPS) is 10.8. The number of ether oxygens (including phenoxy) is 1. The van der Waals surface area contributed by atoms with Gasteiger partial charge in [-0.05, 0) is 24.1 Å². The van der Waals surface area contributed by atoms with E-state index in [0.29, 0.717) is 23.4 Å². The first-order valence-electron chi connectivity index (χ1n) is 9.65. The number of unbranched alkanes of at least 4 members (excludes halogenated alkanes) is 1. The number of nitrogens with one attached hydrogen (secondary N) is 3. The number of nitrogens with zero attached hydrogens (tertiary/aromatic N) is 3. The lowest BCUT2D eigenvalue weighted by Gasteiger charge is -2.08. The van der Waals surface area contributed by atoms with Crippen LogP contribution in [0.1, 0.15) is 25.3 Å². The molecule has 0 saturated heterocycles. The Hall–Kier alpha value is -3.33. The van der Waals surface area contributed by atoms with Crippen LogP contribution in [0.25, 0.3) is 0 Å². The van der Waals surface area contributed by atoms with Gasteiger partial charge in [0.25, 0.3) is 0 Å². The summed E-state index contributed by atoms with van der Waals surface area (Å²) in [7, 11) is 0. The molecule has 156 valence electrons. The van der Waals surface area contributed by atoms with E-state index in [0.717, 1.165) is 24.2 Å². The predicted octanol–water partition coefficient (Wildman–Crippen LogP) is 4.16. The van der Waals surface area contributed by atoms with Crippen molar-refractivity contribution in [2.75, 3.05) is 23.1 Å². The molecule has 1 heterocycles. The maximum Gasteiger partial charge on any atom is 0.240 e. The highest BCUT2D eigenvalue weighted by molar-refractivity contribution is 7.99. The number of aromatic amines is 1. The van der Waals surface area contributed by atoms with Crippen molar-refractivity contribution in [3.8, 4) is 5.75 Å². The summed E-state index contributed by atoms with van der Waals surface area (Å²) in [5.41, 5.74) is 4.45. The largest absolute Gasteiger partial charge is 0.494 e. The lowest BCUT2D eigenvalue weighted by molar-refractivity contribution is -0.113. The van der Waals surface area contributed by atoms with Crippen molar-refractivity contribution >= 4 is 35.5 Å². The molecule has 3 rings (SSSR count). The number of hydrogen-bond donors (Lipinski definition) is 3. The third-order valence-electron chi connectivity index (χ3n) is 3.87. The number of anilines is 2. The SMILES string of the molecule is CCCCOc1cccc(NC(=O)CSc2n[nH]c(N/N=C\c3ccccc3)n2)c1. The van der Waals surface area contributed by atoms with E-state index in [4.69, 9.17) is 4.74 Å². The number of carbonyl (C=O) groups is 1. The molecule has 0 atom stereocenters. The van der Waals surface area contributed by atoms with Crippen molar-refractivity contribution < 1.29 is 9.53 Å². The topological polar surface area (TPSA) is 104 Å². The second-order valence-electron chi connectivity index (χ2n) is 6.31. The smallest absolute Gasteiger partial charge is 0.240 e. The number of carbonyl (C=O) groups excluding carboxylic acids is 1. The number of hydrazone groups is 1. The molecule has 0 saturated carbocycles. The van der Waals surface area contributed by atoms with Gasteiger partial charge < -0.3 is 10.1 Å². The highest BCUT2D eigenvalue weighted by Crippen LogP contribution is 2.19. The summed E-state index contributed by atoms with van der Waals surface area (Å²) in [6.45, 7) is 2.78. The van der Waals surface area contributed by atoms with Crippen molar-refractivity contribution in [1.82, 2.24) is 15.2 Å². The van der Waals surface area contributed by atoms with Gasteiger partial charge in [-0.2, -0.15) is 10.1 Å². The summed E-state index contributed by atoms with van der Waals surface area (Å²) in [6, 6.07) is 17.1. The molecule has 3 aromatic rings. The molecule has 0 spiro atoms. The van der Waals surface area contributed by atoms with Gasteiger partial charge in [-0.25, -0.2) is 10.5 Å². The van der Waals surface area contributed by atoms with Crippen LogP contribution < -0.4 is 15.5 Å². The molecule has 0 bridgehead atoms. The van der Waals surface area contributed by atoms with E-state index in [1.807, 2.05) is 54.6 Å².